The Morgan fingerprint density at radius 1 is 1.00 bits per heavy atom. The lowest BCUT2D eigenvalue weighted by Gasteiger charge is -2.30. The van der Waals surface area contributed by atoms with Crippen molar-refractivity contribution in [1.82, 2.24) is 30.1 Å². The molecular formula is C21H22N6O2. The summed E-state index contributed by atoms with van der Waals surface area (Å²) in [6, 6.07) is 16.0. The minimum absolute atomic E-state index is 0.327. The summed E-state index contributed by atoms with van der Waals surface area (Å²) in [5.74, 6) is 1.91. The number of benzene rings is 2. The summed E-state index contributed by atoms with van der Waals surface area (Å²) >= 11 is 0. The van der Waals surface area contributed by atoms with Gasteiger partial charge < -0.3 is 9.15 Å². The van der Waals surface area contributed by atoms with Gasteiger partial charge in [-0.25, -0.2) is 0 Å². The SMILES string of the molecule is COc1cccc(-c2nnc(CN3CCC(n4nc5ccccc5n4)CC3)o2)c1. The number of hydrogen-bond acceptors (Lipinski definition) is 7. The summed E-state index contributed by atoms with van der Waals surface area (Å²) < 4.78 is 11.1. The van der Waals surface area contributed by atoms with Gasteiger partial charge in [0.2, 0.25) is 11.8 Å². The van der Waals surface area contributed by atoms with Crippen molar-refractivity contribution in [1.29, 1.82) is 0 Å². The first kappa shape index (κ1) is 17.8. The molecule has 0 N–H and O–H groups in total. The maximum absolute atomic E-state index is 5.87. The second-order valence-electron chi connectivity index (χ2n) is 7.25. The van der Waals surface area contributed by atoms with E-state index < -0.39 is 0 Å². The summed E-state index contributed by atoms with van der Waals surface area (Å²) in [6.07, 6.45) is 2.00. The van der Waals surface area contributed by atoms with E-state index in [0.29, 0.717) is 24.4 Å². The van der Waals surface area contributed by atoms with Crippen LogP contribution in [0.4, 0.5) is 0 Å². The minimum Gasteiger partial charge on any atom is -0.497 e. The molecule has 0 saturated carbocycles. The third-order valence-electron chi connectivity index (χ3n) is 5.33. The first-order valence-electron chi connectivity index (χ1n) is 9.79. The molecule has 8 nitrogen and oxygen atoms in total. The Kier molecular flexibility index (Phi) is 4.69. The van der Waals surface area contributed by atoms with Gasteiger partial charge in [0.15, 0.2) is 0 Å². The van der Waals surface area contributed by atoms with Gasteiger partial charge in [-0.3, -0.25) is 4.90 Å². The van der Waals surface area contributed by atoms with Gasteiger partial charge in [0.1, 0.15) is 16.8 Å². The third-order valence-corrected chi connectivity index (χ3v) is 5.33. The first-order valence-corrected chi connectivity index (χ1v) is 9.79. The number of aromatic nitrogens is 5. The fourth-order valence-corrected chi connectivity index (χ4v) is 3.73. The molecule has 0 radical (unpaired) electrons. The molecule has 0 bridgehead atoms. The molecule has 148 valence electrons. The number of fused-ring (bicyclic) bond motifs is 1. The highest BCUT2D eigenvalue weighted by Crippen LogP contribution is 2.25. The van der Waals surface area contributed by atoms with Crippen molar-refractivity contribution in [2.24, 2.45) is 0 Å². The van der Waals surface area contributed by atoms with Crippen molar-refractivity contribution in [2.75, 3.05) is 20.2 Å². The highest BCUT2D eigenvalue weighted by atomic mass is 16.5. The van der Waals surface area contributed by atoms with Crippen LogP contribution >= 0.6 is 0 Å². The predicted molar refractivity (Wildman–Crippen MR) is 107 cm³/mol. The lowest BCUT2D eigenvalue weighted by molar-refractivity contribution is 0.154. The summed E-state index contributed by atoms with van der Waals surface area (Å²) in [5, 5.41) is 17.7. The highest BCUT2D eigenvalue weighted by Gasteiger charge is 2.24. The molecule has 0 atom stereocenters. The molecule has 2 aromatic heterocycles. The summed E-state index contributed by atoms with van der Waals surface area (Å²) in [5.41, 5.74) is 2.76. The van der Waals surface area contributed by atoms with Crippen molar-refractivity contribution < 1.29 is 9.15 Å². The Morgan fingerprint density at radius 2 is 1.76 bits per heavy atom. The van der Waals surface area contributed by atoms with E-state index in [2.05, 4.69) is 25.3 Å². The van der Waals surface area contributed by atoms with Gasteiger partial charge in [-0.1, -0.05) is 18.2 Å². The smallest absolute Gasteiger partial charge is 0.247 e. The van der Waals surface area contributed by atoms with E-state index in [4.69, 9.17) is 9.15 Å². The molecule has 1 saturated heterocycles. The number of nitrogens with zero attached hydrogens (tertiary/aromatic N) is 6. The van der Waals surface area contributed by atoms with Crippen molar-refractivity contribution in [3.8, 4) is 17.2 Å². The van der Waals surface area contributed by atoms with Crippen LogP contribution in [0.3, 0.4) is 0 Å². The zero-order valence-corrected chi connectivity index (χ0v) is 16.2. The standard InChI is InChI=1S/C21H22N6O2/c1-28-17-6-4-5-15(13-17)21-23-22-20(29-21)14-26-11-9-16(10-12-26)27-24-18-7-2-3-8-19(18)25-27/h2-8,13,16H,9-12,14H2,1H3. The van der Waals surface area contributed by atoms with E-state index in [1.807, 2.05) is 53.3 Å². The van der Waals surface area contributed by atoms with Gasteiger partial charge in [0.05, 0.1) is 19.7 Å². The number of methoxy groups -OCH3 is 1. The van der Waals surface area contributed by atoms with Crippen molar-refractivity contribution in [3.05, 3.63) is 54.4 Å². The number of rotatable bonds is 5. The lowest BCUT2D eigenvalue weighted by Crippen LogP contribution is -2.34. The number of hydrogen-bond donors (Lipinski definition) is 0. The molecule has 2 aromatic carbocycles. The largest absolute Gasteiger partial charge is 0.497 e. The fraction of sp³-hybridized carbons (Fsp3) is 0.333. The molecule has 5 rings (SSSR count). The van der Waals surface area contributed by atoms with Crippen LogP contribution in [0.5, 0.6) is 5.75 Å². The van der Waals surface area contributed by atoms with Crippen LogP contribution in [0.2, 0.25) is 0 Å². The van der Waals surface area contributed by atoms with Crippen LogP contribution in [-0.4, -0.2) is 50.3 Å². The molecular weight excluding hydrogens is 368 g/mol. The van der Waals surface area contributed by atoms with E-state index in [0.717, 1.165) is 48.3 Å². The average molecular weight is 390 g/mol. The normalized spacial score (nSPS) is 15.8. The Labute approximate surface area is 168 Å². The second kappa shape index (κ2) is 7.63. The first-order chi connectivity index (χ1) is 14.3. The van der Waals surface area contributed by atoms with Crippen LogP contribution < -0.4 is 4.74 Å². The maximum Gasteiger partial charge on any atom is 0.247 e. The van der Waals surface area contributed by atoms with Crippen molar-refractivity contribution in [2.45, 2.75) is 25.4 Å². The van der Waals surface area contributed by atoms with Gasteiger partial charge >= 0.3 is 0 Å². The zero-order valence-electron chi connectivity index (χ0n) is 16.2. The molecule has 8 heteroatoms. The van der Waals surface area contributed by atoms with Crippen LogP contribution in [-0.2, 0) is 6.54 Å². The van der Waals surface area contributed by atoms with Crippen LogP contribution in [0.15, 0.2) is 52.9 Å². The van der Waals surface area contributed by atoms with Crippen molar-refractivity contribution >= 4 is 11.0 Å². The summed E-state index contributed by atoms with van der Waals surface area (Å²) in [6.45, 7) is 2.54. The molecule has 1 aliphatic rings. The van der Waals surface area contributed by atoms with Gasteiger partial charge in [0.25, 0.3) is 0 Å². The molecule has 1 fully saturated rings. The van der Waals surface area contributed by atoms with E-state index >= 15 is 0 Å². The fourth-order valence-electron chi connectivity index (χ4n) is 3.73. The monoisotopic (exact) mass is 390 g/mol. The maximum atomic E-state index is 5.87. The minimum atomic E-state index is 0.327. The van der Waals surface area contributed by atoms with E-state index in [1.54, 1.807) is 7.11 Å². The molecule has 0 amide bonds. The Hall–Kier alpha value is -3.26. The van der Waals surface area contributed by atoms with Crippen LogP contribution in [0, 0.1) is 0 Å². The molecule has 1 aliphatic heterocycles. The molecule has 3 heterocycles. The van der Waals surface area contributed by atoms with E-state index in [1.165, 1.54) is 0 Å². The average Bonchev–Trinajstić information content (AvgIpc) is 3.41. The molecule has 0 aliphatic carbocycles. The summed E-state index contributed by atoms with van der Waals surface area (Å²) in [4.78, 5) is 4.22. The van der Waals surface area contributed by atoms with Gasteiger partial charge in [-0.15, -0.1) is 10.2 Å². The topological polar surface area (TPSA) is 82.1 Å². The predicted octanol–water partition coefficient (Wildman–Crippen LogP) is 3.33. The Bertz CT molecular complexity index is 1080. The van der Waals surface area contributed by atoms with Crippen LogP contribution in [0.25, 0.3) is 22.5 Å². The number of ether oxygens (including phenoxy) is 1. The third kappa shape index (κ3) is 3.71. The number of likely N-dealkylation sites (tertiary alicyclic amines) is 1. The van der Waals surface area contributed by atoms with Crippen molar-refractivity contribution in [3.63, 3.8) is 0 Å². The van der Waals surface area contributed by atoms with Gasteiger partial charge in [-0.05, 0) is 43.2 Å². The lowest BCUT2D eigenvalue weighted by atomic mass is 10.1. The zero-order chi connectivity index (χ0) is 19.6. The van der Waals surface area contributed by atoms with Gasteiger partial charge in [0, 0.05) is 18.7 Å². The summed E-state index contributed by atoms with van der Waals surface area (Å²) in [7, 11) is 1.64. The Morgan fingerprint density at radius 3 is 2.48 bits per heavy atom. The molecule has 0 unspecified atom stereocenters. The highest BCUT2D eigenvalue weighted by molar-refractivity contribution is 5.73. The molecule has 0 spiro atoms. The van der Waals surface area contributed by atoms with Gasteiger partial charge in [-0.2, -0.15) is 15.0 Å². The quantitative estimate of drug-likeness (QED) is 0.517. The van der Waals surface area contributed by atoms with E-state index in [9.17, 15) is 0 Å². The Balaban J connectivity index is 1.21. The molecule has 29 heavy (non-hydrogen) atoms. The molecule has 4 aromatic rings. The van der Waals surface area contributed by atoms with E-state index in [-0.39, 0.29) is 0 Å². The number of piperidine rings is 1. The second-order valence-corrected chi connectivity index (χ2v) is 7.25. The van der Waals surface area contributed by atoms with Crippen LogP contribution in [0.1, 0.15) is 24.8 Å².